The average Bonchev–Trinajstić information content (AvgIpc) is 1.22. The first-order valence-corrected chi connectivity index (χ1v) is 40.8. The first-order chi connectivity index (χ1) is 58.6. The quantitative estimate of drug-likeness (QED) is 0.113. The van der Waals surface area contributed by atoms with E-state index in [0.29, 0.717) is 0 Å². The van der Waals surface area contributed by atoms with Crippen LogP contribution in [0.15, 0.2) is 437 Å². The van der Waals surface area contributed by atoms with Gasteiger partial charge in [-0.2, -0.15) is 0 Å². The maximum absolute atomic E-state index is 8.25. The van der Waals surface area contributed by atoms with Crippen molar-refractivity contribution in [1.29, 1.82) is 0 Å². The SMILES string of the molecule is c1ccc(-c2ccccc2N(c2ccccc2)c2cc3c4c(c2)N(c2ccccc2-c2ccccc2)c2ccccc2B4c2cc4c(cc2N3c2ccccc2)Oc2cc3c(cc2C42c4ccccc4-c4ccccc42)B2c4ccccc4N(c4ccccc4)c4cc(N(c5ccccc5)c5ccccc5)cc(c42)N3c2ccccc2)cc1. The zero-order chi connectivity index (χ0) is 77.5. The molecule has 0 bridgehead atoms. The Labute approximate surface area is 687 Å². The van der Waals surface area contributed by atoms with E-state index in [1.807, 2.05) is 0 Å². The molecular formula is C109H72B2N6O. The molecule has 24 rings (SSSR count). The lowest BCUT2D eigenvalue weighted by atomic mass is 9.33. The van der Waals surface area contributed by atoms with Gasteiger partial charge >= 0.3 is 0 Å². The second-order valence-electron chi connectivity index (χ2n) is 31.3. The number of fused-ring (bicyclic) bond motifs is 17. The van der Waals surface area contributed by atoms with Gasteiger partial charge in [-0.3, -0.25) is 0 Å². The summed E-state index contributed by atoms with van der Waals surface area (Å²) in [5, 5.41) is 0. The van der Waals surface area contributed by atoms with Crippen LogP contribution in [0, 0.1) is 0 Å². The predicted octanol–water partition coefficient (Wildman–Crippen LogP) is 24.6. The summed E-state index contributed by atoms with van der Waals surface area (Å²) in [5.41, 5.74) is 37.0. The molecule has 9 heteroatoms. The third-order valence-electron chi connectivity index (χ3n) is 25.2. The first-order valence-electron chi connectivity index (χ1n) is 40.8. The molecule has 5 heterocycles. The topological polar surface area (TPSA) is 28.7 Å². The van der Waals surface area contributed by atoms with Crippen LogP contribution in [0.5, 0.6) is 11.5 Å². The second kappa shape index (κ2) is 26.9. The molecule has 0 atom stereocenters. The third-order valence-corrected chi connectivity index (χ3v) is 25.2. The number of hydrogen-bond donors (Lipinski definition) is 0. The van der Waals surface area contributed by atoms with Crippen molar-refractivity contribution in [1.82, 2.24) is 0 Å². The number of anilines is 18. The molecule has 0 radical (unpaired) electrons. The van der Waals surface area contributed by atoms with Crippen LogP contribution < -0.4 is 66.9 Å². The molecule has 118 heavy (non-hydrogen) atoms. The van der Waals surface area contributed by atoms with Crippen LogP contribution >= 0.6 is 0 Å². The van der Waals surface area contributed by atoms with E-state index in [1.54, 1.807) is 0 Å². The van der Waals surface area contributed by atoms with Crippen molar-refractivity contribution in [2.45, 2.75) is 5.41 Å². The summed E-state index contributed by atoms with van der Waals surface area (Å²) in [6, 6.07) is 162. The van der Waals surface area contributed by atoms with Gasteiger partial charge in [0.25, 0.3) is 13.4 Å². The van der Waals surface area contributed by atoms with Gasteiger partial charge in [-0.15, -0.1) is 0 Å². The summed E-state index contributed by atoms with van der Waals surface area (Å²) < 4.78 is 8.25. The summed E-state index contributed by atoms with van der Waals surface area (Å²) in [4.78, 5) is 15.1. The van der Waals surface area contributed by atoms with Crippen molar-refractivity contribution < 1.29 is 4.74 Å². The maximum Gasteiger partial charge on any atom is 0.252 e. The Morgan fingerprint density at radius 3 is 0.992 bits per heavy atom. The molecule has 0 saturated carbocycles. The molecule has 18 aromatic rings. The minimum absolute atomic E-state index is 0.246. The Kier molecular flexibility index (Phi) is 15.3. The van der Waals surface area contributed by atoms with E-state index < -0.39 is 5.41 Å². The fourth-order valence-electron chi connectivity index (χ4n) is 20.5. The summed E-state index contributed by atoms with van der Waals surface area (Å²) >= 11 is 0. The normalized spacial score (nSPS) is 13.5. The van der Waals surface area contributed by atoms with Crippen LogP contribution in [0.3, 0.4) is 0 Å². The zero-order valence-corrected chi connectivity index (χ0v) is 64.3. The molecule has 18 aromatic carbocycles. The van der Waals surface area contributed by atoms with Crippen molar-refractivity contribution in [2.24, 2.45) is 0 Å². The number of ether oxygens (including phenoxy) is 1. The molecule has 0 N–H and O–H groups in total. The fourth-order valence-corrected chi connectivity index (χ4v) is 20.5. The van der Waals surface area contributed by atoms with E-state index in [0.717, 1.165) is 147 Å². The van der Waals surface area contributed by atoms with E-state index in [9.17, 15) is 0 Å². The van der Waals surface area contributed by atoms with Gasteiger partial charge in [-0.1, -0.05) is 303 Å². The number of para-hydroxylation sites is 10. The molecule has 0 fully saturated rings. The molecule has 0 amide bonds. The summed E-state index contributed by atoms with van der Waals surface area (Å²) in [6.07, 6.45) is 0. The van der Waals surface area contributed by atoms with Crippen molar-refractivity contribution in [3.05, 3.63) is 459 Å². The van der Waals surface area contributed by atoms with Gasteiger partial charge in [0.05, 0.1) is 28.2 Å². The van der Waals surface area contributed by atoms with Crippen LogP contribution in [-0.4, -0.2) is 13.4 Å². The minimum Gasteiger partial charge on any atom is -0.457 e. The van der Waals surface area contributed by atoms with E-state index in [4.69, 9.17) is 4.74 Å². The lowest BCUT2D eigenvalue weighted by molar-refractivity contribution is 0.437. The summed E-state index contributed by atoms with van der Waals surface area (Å²) in [7, 11) is 0. The molecule has 6 aliphatic rings. The molecule has 5 aliphatic heterocycles. The Morgan fingerprint density at radius 1 is 0.212 bits per heavy atom. The van der Waals surface area contributed by atoms with Gasteiger partial charge in [-0.05, 0) is 187 Å². The number of hydrogen-bond acceptors (Lipinski definition) is 7. The van der Waals surface area contributed by atoms with Crippen molar-refractivity contribution in [2.75, 3.05) is 29.4 Å². The Morgan fingerprint density at radius 2 is 0.534 bits per heavy atom. The highest BCUT2D eigenvalue weighted by molar-refractivity contribution is 7.01. The highest BCUT2D eigenvalue weighted by atomic mass is 16.5. The first kappa shape index (κ1) is 67.2. The molecule has 550 valence electrons. The zero-order valence-electron chi connectivity index (χ0n) is 64.3. The van der Waals surface area contributed by atoms with Crippen molar-refractivity contribution in [3.8, 4) is 44.9 Å². The van der Waals surface area contributed by atoms with Crippen LogP contribution in [0.1, 0.15) is 22.3 Å². The number of rotatable bonds is 12. The summed E-state index contributed by atoms with van der Waals surface area (Å²) in [5.74, 6) is 1.58. The van der Waals surface area contributed by atoms with Gasteiger partial charge in [0.15, 0.2) is 0 Å². The van der Waals surface area contributed by atoms with Crippen LogP contribution in [0.25, 0.3) is 33.4 Å². The van der Waals surface area contributed by atoms with Gasteiger partial charge in [0.1, 0.15) is 11.5 Å². The van der Waals surface area contributed by atoms with Gasteiger partial charge in [0.2, 0.25) is 0 Å². The Hall–Kier alpha value is -15.3. The van der Waals surface area contributed by atoms with Gasteiger partial charge < -0.3 is 34.1 Å². The molecule has 0 unspecified atom stereocenters. The van der Waals surface area contributed by atoms with Gasteiger partial charge in [0, 0.05) is 114 Å². The van der Waals surface area contributed by atoms with Crippen molar-refractivity contribution >= 4 is 149 Å². The molecule has 1 aliphatic carbocycles. The summed E-state index contributed by atoms with van der Waals surface area (Å²) in [6.45, 7) is -0.541. The maximum atomic E-state index is 8.25. The smallest absolute Gasteiger partial charge is 0.252 e. The lowest BCUT2D eigenvalue weighted by Crippen LogP contribution is -2.62. The lowest BCUT2D eigenvalue weighted by Gasteiger charge is -2.47. The highest BCUT2D eigenvalue weighted by Gasteiger charge is 2.55. The third kappa shape index (κ3) is 10.1. The minimum atomic E-state index is -0.928. The molecule has 1 spiro atoms. The van der Waals surface area contributed by atoms with E-state index in [-0.39, 0.29) is 13.4 Å². The fraction of sp³-hybridized carbons (Fsp3) is 0.00917. The van der Waals surface area contributed by atoms with Crippen molar-refractivity contribution in [3.63, 3.8) is 0 Å². The van der Waals surface area contributed by atoms with E-state index in [2.05, 4.69) is 466 Å². The van der Waals surface area contributed by atoms with Gasteiger partial charge in [-0.25, -0.2) is 0 Å². The molecule has 7 nitrogen and oxygen atoms in total. The molecule has 0 saturated heterocycles. The van der Waals surface area contributed by atoms with Crippen LogP contribution in [0.4, 0.5) is 102 Å². The standard InChI is InChI=1S/C109H72B2N6O/c1-9-37-73(38-10-1)83-53-27-33-61-95(83)113(77-45-17-5-18-46-77)82-67-103-108-104(68-82)117(96-62-34-28-54-84(96)74-39-11-2-12-40-74)98-64-36-32-60-92(98)111(108)94-70-90-106(72-100(94)116(103)80-51-23-8-24-52-80)118-105-71-99-93(69-89(105)109(90)87-57-29-25-55-85(87)86-56-26-30-58-88(86)109)110-91-59-31-35-63-97(91)114(78-47-19-6-20-48-78)101-65-81(66-102(107(101)110)115(99)79-49-21-7-22-50-79)112(75-41-13-3-14-42-75)76-43-15-4-16-44-76/h1-72H. The highest BCUT2D eigenvalue weighted by Crippen LogP contribution is 2.64. The number of nitrogens with zero attached hydrogens (tertiary/aromatic N) is 6. The molecular weight excluding hydrogens is 1430 g/mol. The monoisotopic (exact) mass is 1500 g/mol. The molecule has 0 aromatic heterocycles. The van der Waals surface area contributed by atoms with E-state index >= 15 is 0 Å². The van der Waals surface area contributed by atoms with Crippen LogP contribution in [0.2, 0.25) is 0 Å². The Balaban J connectivity index is 0.799. The largest absolute Gasteiger partial charge is 0.457 e. The predicted molar refractivity (Wildman–Crippen MR) is 492 cm³/mol. The number of benzene rings is 18. The average molecular weight is 1500 g/mol. The Bertz CT molecular complexity index is 6940. The second-order valence-corrected chi connectivity index (χ2v) is 31.3. The van der Waals surface area contributed by atoms with E-state index in [1.165, 1.54) is 55.0 Å². The van der Waals surface area contributed by atoms with Crippen LogP contribution in [-0.2, 0) is 5.41 Å².